The first kappa shape index (κ1) is 22.0. The predicted molar refractivity (Wildman–Crippen MR) is 125 cm³/mol. The molecule has 2 aromatic carbocycles. The Morgan fingerprint density at radius 3 is 2.59 bits per heavy atom. The van der Waals surface area contributed by atoms with Crippen molar-refractivity contribution in [1.82, 2.24) is 14.8 Å². The average molecular weight is 452 g/mol. The number of hydrogen-bond donors (Lipinski definition) is 0. The summed E-state index contributed by atoms with van der Waals surface area (Å²) in [6.07, 6.45) is 2.13. The number of benzene rings is 2. The number of hydrogen-bond acceptors (Lipinski definition) is 7. The van der Waals surface area contributed by atoms with E-state index in [-0.39, 0.29) is 16.4 Å². The molecule has 32 heavy (non-hydrogen) atoms. The summed E-state index contributed by atoms with van der Waals surface area (Å²) < 4.78 is 1.81. The third kappa shape index (κ3) is 4.52. The quantitative estimate of drug-likeness (QED) is 0.307. The lowest BCUT2D eigenvalue weighted by Crippen LogP contribution is -2.34. The molecule has 1 aliphatic heterocycles. The molecule has 0 radical (unpaired) electrons. The van der Waals surface area contributed by atoms with Gasteiger partial charge in [-0.2, -0.15) is 0 Å². The van der Waals surface area contributed by atoms with E-state index in [9.17, 15) is 14.9 Å². The van der Waals surface area contributed by atoms with Gasteiger partial charge in [0.1, 0.15) is 11.5 Å². The highest BCUT2D eigenvalue weighted by molar-refractivity contribution is 8.14. The van der Waals surface area contributed by atoms with Crippen molar-refractivity contribution in [2.45, 2.75) is 38.8 Å². The lowest BCUT2D eigenvalue weighted by Gasteiger charge is -2.32. The van der Waals surface area contributed by atoms with Crippen LogP contribution >= 0.6 is 11.8 Å². The number of piperidine rings is 1. The van der Waals surface area contributed by atoms with Crippen molar-refractivity contribution in [1.29, 1.82) is 0 Å². The van der Waals surface area contributed by atoms with Gasteiger partial charge in [-0.05, 0) is 68.6 Å². The highest BCUT2D eigenvalue weighted by atomic mass is 32.2. The Kier molecular flexibility index (Phi) is 6.27. The number of carbonyl (C=O) groups excluding carboxylic acids is 1. The molecule has 2 heterocycles. The minimum absolute atomic E-state index is 0.0401. The lowest BCUT2D eigenvalue weighted by molar-refractivity contribution is -0.384. The van der Waals surface area contributed by atoms with Gasteiger partial charge < -0.3 is 4.90 Å². The van der Waals surface area contributed by atoms with Crippen LogP contribution in [0.15, 0.2) is 47.6 Å². The first-order valence-corrected chi connectivity index (χ1v) is 11.4. The van der Waals surface area contributed by atoms with E-state index in [1.807, 2.05) is 43.0 Å². The van der Waals surface area contributed by atoms with Crippen molar-refractivity contribution in [2.24, 2.45) is 5.92 Å². The lowest BCUT2D eigenvalue weighted by atomic mass is 9.99. The normalized spacial score (nSPS) is 16.2. The summed E-state index contributed by atoms with van der Waals surface area (Å²) in [4.78, 5) is 26.4. The second-order valence-electron chi connectivity index (χ2n) is 8.24. The molecule has 1 saturated heterocycles. The Labute approximate surface area is 190 Å². The molecule has 0 spiro atoms. The third-order valence-electron chi connectivity index (χ3n) is 5.68. The molecule has 0 aliphatic carbocycles. The molecule has 1 aromatic heterocycles. The maximum Gasteiger partial charge on any atom is 0.293 e. The molecule has 1 unspecified atom stereocenters. The summed E-state index contributed by atoms with van der Waals surface area (Å²) >= 11 is 0.920. The van der Waals surface area contributed by atoms with Gasteiger partial charge in [0.05, 0.1) is 4.92 Å². The summed E-state index contributed by atoms with van der Waals surface area (Å²) in [5, 5.41) is 20.2. The summed E-state index contributed by atoms with van der Waals surface area (Å²) in [6.45, 7) is 7.54. The van der Waals surface area contributed by atoms with Gasteiger partial charge in [-0.3, -0.25) is 19.5 Å². The molecule has 166 valence electrons. The molecule has 8 nitrogen and oxygen atoms in total. The topological polar surface area (TPSA) is 94.2 Å². The van der Waals surface area contributed by atoms with E-state index in [4.69, 9.17) is 0 Å². The first-order chi connectivity index (χ1) is 15.3. The molecule has 0 bridgehead atoms. The fraction of sp³-hybridized carbons (Fsp3) is 0.348. The van der Waals surface area contributed by atoms with Crippen LogP contribution in [0.1, 0.15) is 41.5 Å². The Balaban J connectivity index is 1.61. The molecule has 4 rings (SSSR count). The van der Waals surface area contributed by atoms with Crippen molar-refractivity contribution in [3.63, 3.8) is 0 Å². The molecule has 1 fully saturated rings. The van der Waals surface area contributed by atoms with E-state index >= 15 is 0 Å². The van der Waals surface area contributed by atoms with Gasteiger partial charge in [-0.25, -0.2) is 0 Å². The van der Waals surface area contributed by atoms with Crippen LogP contribution in [0, 0.1) is 29.9 Å². The van der Waals surface area contributed by atoms with Crippen molar-refractivity contribution in [3.05, 3.63) is 69.5 Å². The van der Waals surface area contributed by atoms with E-state index in [2.05, 4.69) is 17.1 Å². The fourth-order valence-corrected chi connectivity index (χ4v) is 4.84. The molecular weight excluding hydrogens is 426 g/mol. The minimum Gasteiger partial charge on any atom is -0.366 e. The largest absolute Gasteiger partial charge is 0.366 e. The molecule has 1 atom stereocenters. The first-order valence-electron chi connectivity index (χ1n) is 10.6. The van der Waals surface area contributed by atoms with Gasteiger partial charge in [0.15, 0.2) is 0 Å². The summed E-state index contributed by atoms with van der Waals surface area (Å²) in [5.74, 6) is 1.14. The van der Waals surface area contributed by atoms with Crippen LogP contribution in [0.25, 0.3) is 5.69 Å². The van der Waals surface area contributed by atoms with E-state index in [0.29, 0.717) is 22.6 Å². The maximum atomic E-state index is 13.0. The number of nitro groups is 1. The fourth-order valence-electron chi connectivity index (χ4n) is 4.01. The van der Waals surface area contributed by atoms with Gasteiger partial charge in [-0.1, -0.05) is 24.6 Å². The van der Waals surface area contributed by atoms with Crippen LogP contribution in [-0.4, -0.2) is 37.9 Å². The van der Waals surface area contributed by atoms with Crippen LogP contribution in [0.2, 0.25) is 0 Å². The van der Waals surface area contributed by atoms with Gasteiger partial charge in [0.25, 0.3) is 5.69 Å². The molecule has 9 heteroatoms. The molecule has 3 aromatic rings. The molecule has 0 N–H and O–H groups in total. The number of nitro benzene ring substituents is 1. The van der Waals surface area contributed by atoms with Crippen LogP contribution in [0.4, 0.5) is 11.4 Å². The minimum atomic E-state index is -0.408. The van der Waals surface area contributed by atoms with Crippen LogP contribution < -0.4 is 4.90 Å². The highest BCUT2D eigenvalue weighted by Crippen LogP contribution is 2.34. The Morgan fingerprint density at radius 2 is 1.91 bits per heavy atom. The second-order valence-corrected chi connectivity index (χ2v) is 9.18. The van der Waals surface area contributed by atoms with E-state index < -0.39 is 4.92 Å². The second kappa shape index (κ2) is 9.12. The van der Waals surface area contributed by atoms with Crippen molar-refractivity contribution < 1.29 is 9.72 Å². The summed E-state index contributed by atoms with van der Waals surface area (Å²) in [6, 6.07) is 12.6. The Morgan fingerprint density at radius 1 is 1.16 bits per heavy atom. The summed E-state index contributed by atoms with van der Waals surface area (Å²) in [7, 11) is 0. The monoisotopic (exact) mass is 451 g/mol. The van der Waals surface area contributed by atoms with Crippen molar-refractivity contribution in [3.8, 4) is 5.69 Å². The highest BCUT2D eigenvalue weighted by Gasteiger charge is 2.26. The van der Waals surface area contributed by atoms with Crippen LogP contribution in [0.5, 0.6) is 0 Å². The molecular formula is C23H25N5O3S. The van der Waals surface area contributed by atoms with E-state index in [0.717, 1.165) is 48.9 Å². The smallest absolute Gasteiger partial charge is 0.293 e. The van der Waals surface area contributed by atoms with Crippen LogP contribution in [-0.2, 0) is 0 Å². The van der Waals surface area contributed by atoms with Crippen molar-refractivity contribution in [2.75, 3.05) is 18.0 Å². The zero-order chi connectivity index (χ0) is 22.8. The number of thioether (sulfide) groups is 1. The van der Waals surface area contributed by atoms with E-state index in [1.54, 1.807) is 16.7 Å². The number of carbonyl (C=O) groups is 1. The molecule has 0 amide bonds. The Hall–Kier alpha value is -3.20. The zero-order valence-corrected chi connectivity index (χ0v) is 19.1. The van der Waals surface area contributed by atoms with Gasteiger partial charge in [0.2, 0.25) is 10.3 Å². The SMILES string of the molecule is Cc1ccc(-n2c(C)nnc2SC(=O)c2ccc(N3CCCC(C)C3)c([N+](=O)[O-])c2)cc1. The number of nitrogens with zero attached hydrogens (tertiary/aromatic N) is 5. The maximum absolute atomic E-state index is 13.0. The van der Waals surface area contributed by atoms with Crippen molar-refractivity contribution >= 4 is 28.3 Å². The number of anilines is 1. The summed E-state index contributed by atoms with van der Waals surface area (Å²) in [5.41, 5.74) is 2.78. The zero-order valence-electron chi connectivity index (χ0n) is 18.3. The third-order valence-corrected chi connectivity index (χ3v) is 6.54. The molecule has 1 aliphatic rings. The number of aromatic nitrogens is 3. The van der Waals surface area contributed by atoms with Gasteiger partial charge >= 0.3 is 0 Å². The van der Waals surface area contributed by atoms with E-state index in [1.165, 1.54) is 6.07 Å². The number of rotatable bonds is 5. The van der Waals surface area contributed by atoms with Gasteiger partial charge in [-0.15, -0.1) is 10.2 Å². The number of aryl methyl sites for hydroxylation is 2. The standard InChI is InChI=1S/C23H25N5O3S/c1-15-6-9-19(10-7-15)27-17(3)24-25-23(27)32-22(29)18-8-11-20(21(13-18)28(30)31)26-12-4-5-16(2)14-26/h6-11,13,16H,4-5,12,14H2,1-3H3. The predicted octanol–water partition coefficient (Wildman–Crippen LogP) is 4.96. The molecule has 0 saturated carbocycles. The van der Waals surface area contributed by atoms with Crippen LogP contribution in [0.3, 0.4) is 0 Å². The van der Waals surface area contributed by atoms with Gasteiger partial charge in [0, 0.05) is 30.4 Å². The Bertz CT molecular complexity index is 1160. The average Bonchev–Trinajstić information content (AvgIpc) is 3.13.